The molecule has 1 amide bonds. The van der Waals surface area contributed by atoms with Crippen LogP contribution >= 0.6 is 0 Å². The second kappa shape index (κ2) is 11.3. The number of carbonyl (C=O) groups excluding carboxylic acids is 1. The third-order valence-electron chi connectivity index (χ3n) is 0.630. The number of nitrogens with zero attached hydrogens (tertiary/aromatic N) is 1. The molecule has 50 valence electrons. The molecule has 0 rings (SSSR count). The van der Waals surface area contributed by atoms with Gasteiger partial charge in [0, 0.05) is 21.0 Å². The largest absolute Gasteiger partial charge is 1.00 e. The van der Waals surface area contributed by atoms with Gasteiger partial charge in [0.25, 0.3) is 0 Å². The van der Waals surface area contributed by atoms with Crippen molar-refractivity contribution < 1.29 is 39.5 Å². The molecular weight excluding hydrogens is 129 g/mol. The van der Waals surface area contributed by atoms with Gasteiger partial charge >= 0.3 is 29.6 Å². The summed E-state index contributed by atoms with van der Waals surface area (Å²) >= 11 is 0. The average Bonchev–Trinajstić information content (AvgIpc) is 1.72. The molecule has 4 heteroatoms. The van der Waals surface area contributed by atoms with Gasteiger partial charge in [-0.25, -0.2) is 0 Å². The van der Waals surface area contributed by atoms with Gasteiger partial charge < -0.3 is 10.0 Å². The summed E-state index contributed by atoms with van der Waals surface area (Å²) in [5, 5.41) is 8.25. The summed E-state index contributed by atoms with van der Waals surface area (Å²) in [6, 6.07) is 0. The van der Waals surface area contributed by atoms with Crippen molar-refractivity contribution in [2.75, 3.05) is 21.2 Å². The molecule has 0 heterocycles. The van der Waals surface area contributed by atoms with Crippen molar-refractivity contribution in [3.05, 3.63) is 0 Å². The van der Waals surface area contributed by atoms with Gasteiger partial charge in [-0.1, -0.05) is 0 Å². The molecular formula is C5H12NNaO2. The topological polar surface area (TPSA) is 43.4 Å². The maximum atomic E-state index is 10.1. The third-order valence-corrected chi connectivity index (χ3v) is 0.630. The van der Waals surface area contributed by atoms with Crippen LogP contribution in [0.1, 0.15) is 6.92 Å². The molecule has 3 nitrogen and oxygen atoms in total. The van der Waals surface area contributed by atoms with Crippen molar-refractivity contribution >= 4 is 5.91 Å². The first-order chi connectivity index (χ1) is 3.64. The zero-order chi connectivity index (χ0) is 7.15. The molecule has 0 atom stereocenters. The Bertz CT molecular complexity index is 66.0. The Morgan fingerprint density at radius 1 is 1.33 bits per heavy atom. The molecule has 0 unspecified atom stereocenters. The van der Waals surface area contributed by atoms with Crippen LogP contribution in [-0.4, -0.2) is 32.0 Å². The van der Waals surface area contributed by atoms with Gasteiger partial charge in [0.2, 0.25) is 5.91 Å². The molecule has 0 spiro atoms. The van der Waals surface area contributed by atoms with E-state index < -0.39 is 0 Å². The first-order valence-electron chi connectivity index (χ1n) is 2.23. The van der Waals surface area contributed by atoms with Crippen molar-refractivity contribution in [1.29, 1.82) is 0 Å². The summed E-state index contributed by atoms with van der Waals surface area (Å²) in [4.78, 5) is 11.6. The Labute approximate surface area is 78.3 Å². The van der Waals surface area contributed by atoms with E-state index in [2.05, 4.69) is 0 Å². The standard InChI is InChI=1S/C4H9NO.CH3O.Na/c1-4(6)5(2)3;1-2;/h1-3H3;1H3;/q;-1;+1. The van der Waals surface area contributed by atoms with Crippen molar-refractivity contribution in [3.63, 3.8) is 0 Å². The normalized spacial score (nSPS) is 5.89. The summed E-state index contributed by atoms with van der Waals surface area (Å²) in [7, 11) is 4.20. The Morgan fingerprint density at radius 3 is 1.44 bits per heavy atom. The van der Waals surface area contributed by atoms with E-state index in [1.165, 1.54) is 11.8 Å². The quantitative estimate of drug-likeness (QED) is 0.323. The molecule has 0 aromatic rings. The predicted octanol–water partition coefficient (Wildman–Crippen LogP) is -3.92. The molecule has 0 fully saturated rings. The molecule has 0 radical (unpaired) electrons. The fourth-order valence-electron chi connectivity index (χ4n) is 0. The SMILES string of the molecule is CC(=O)N(C)C.C[O-].[Na+]. The first-order valence-corrected chi connectivity index (χ1v) is 2.23. The summed E-state index contributed by atoms with van der Waals surface area (Å²) in [5.74, 6) is 0.0926. The Hall–Kier alpha value is 0.430. The Morgan fingerprint density at radius 2 is 1.44 bits per heavy atom. The predicted molar refractivity (Wildman–Crippen MR) is 30.3 cm³/mol. The van der Waals surface area contributed by atoms with Crippen LogP contribution in [0, 0.1) is 0 Å². The average molecular weight is 141 g/mol. The molecule has 0 aliphatic heterocycles. The van der Waals surface area contributed by atoms with Gasteiger partial charge in [-0.3, -0.25) is 4.79 Å². The van der Waals surface area contributed by atoms with Crippen LogP contribution in [0.15, 0.2) is 0 Å². The summed E-state index contributed by atoms with van der Waals surface area (Å²) in [6.45, 7) is 1.53. The van der Waals surface area contributed by atoms with E-state index in [0.717, 1.165) is 7.11 Å². The molecule has 0 bridgehead atoms. The molecule has 0 N–H and O–H groups in total. The minimum atomic E-state index is 0. The molecule has 0 aliphatic rings. The van der Waals surface area contributed by atoms with Gasteiger partial charge in [-0.05, 0) is 0 Å². The van der Waals surface area contributed by atoms with E-state index in [-0.39, 0.29) is 35.5 Å². The van der Waals surface area contributed by atoms with Crippen LogP contribution in [0.2, 0.25) is 0 Å². The van der Waals surface area contributed by atoms with Gasteiger partial charge in [0.1, 0.15) is 0 Å². The molecule has 0 aromatic heterocycles. The summed E-state index contributed by atoms with van der Waals surface area (Å²) in [6.07, 6.45) is 0. The number of rotatable bonds is 0. The van der Waals surface area contributed by atoms with Crippen molar-refractivity contribution in [1.82, 2.24) is 4.90 Å². The van der Waals surface area contributed by atoms with Crippen LogP contribution < -0.4 is 34.7 Å². The van der Waals surface area contributed by atoms with Crippen LogP contribution in [0.25, 0.3) is 0 Å². The summed E-state index contributed by atoms with van der Waals surface area (Å²) < 4.78 is 0. The second-order valence-corrected chi connectivity index (χ2v) is 1.41. The van der Waals surface area contributed by atoms with E-state index in [1.807, 2.05) is 0 Å². The zero-order valence-corrected chi connectivity index (χ0v) is 8.76. The van der Waals surface area contributed by atoms with E-state index in [9.17, 15) is 4.79 Å². The van der Waals surface area contributed by atoms with Crippen molar-refractivity contribution in [3.8, 4) is 0 Å². The third kappa shape index (κ3) is 17.8. The summed E-state index contributed by atoms with van der Waals surface area (Å²) in [5.41, 5.74) is 0. The molecule has 0 saturated carbocycles. The minimum absolute atomic E-state index is 0. The van der Waals surface area contributed by atoms with Crippen LogP contribution in [0.5, 0.6) is 0 Å². The number of carbonyl (C=O) groups is 1. The monoisotopic (exact) mass is 141 g/mol. The molecule has 9 heavy (non-hydrogen) atoms. The number of hydrogen-bond donors (Lipinski definition) is 0. The Kier molecular flexibility index (Phi) is 20.3. The fourth-order valence-corrected chi connectivity index (χ4v) is 0. The van der Waals surface area contributed by atoms with Gasteiger partial charge in [-0.2, -0.15) is 7.11 Å². The number of hydrogen-bond acceptors (Lipinski definition) is 2. The van der Waals surface area contributed by atoms with E-state index >= 15 is 0 Å². The fraction of sp³-hybridized carbons (Fsp3) is 0.800. The van der Waals surface area contributed by atoms with Crippen LogP contribution in [-0.2, 0) is 4.79 Å². The maximum absolute atomic E-state index is 10.1. The molecule has 0 saturated heterocycles. The number of amides is 1. The smallest absolute Gasteiger partial charge is 0.857 e. The second-order valence-electron chi connectivity index (χ2n) is 1.41. The zero-order valence-electron chi connectivity index (χ0n) is 6.76. The van der Waals surface area contributed by atoms with Gasteiger partial charge in [0.05, 0.1) is 0 Å². The Balaban J connectivity index is -0.000000109. The van der Waals surface area contributed by atoms with E-state index in [4.69, 9.17) is 5.11 Å². The van der Waals surface area contributed by atoms with E-state index in [1.54, 1.807) is 14.1 Å². The molecule has 0 aliphatic carbocycles. The van der Waals surface area contributed by atoms with Gasteiger partial charge in [0.15, 0.2) is 0 Å². The van der Waals surface area contributed by atoms with Crippen molar-refractivity contribution in [2.24, 2.45) is 0 Å². The maximum Gasteiger partial charge on any atom is 1.00 e. The molecule has 0 aromatic carbocycles. The first kappa shape index (κ1) is 16.2. The minimum Gasteiger partial charge on any atom is -0.857 e. The van der Waals surface area contributed by atoms with Crippen LogP contribution in [0.4, 0.5) is 0 Å². The van der Waals surface area contributed by atoms with Crippen LogP contribution in [0.3, 0.4) is 0 Å². The van der Waals surface area contributed by atoms with Crippen molar-refractivity contribution in [2.45, 2.75) is 6.92 Å². The van der Waals surface area contributed by atoms with E-state index in [0.29, 0.717) is 0 Å². The van der Waals surface area contributed by atoms with Gasteiger partial charge in [-0.15, -0.1) is 0 Å².